The fourth-order valence-corrected chi connectivity index (χ4v) is 2.43. The van der Waals surface area contributed by atoms with E-state index in [9.17, 15) is 0 Å². The minimum atomic E-state index is 0.270. The Morgan fingerprint density at radius 1 is 1.16 bits per heavy atom. The van der Waals surface area contributed by atoms with Gasteiger partial charge in [-0.05, 0) is 43.0 Å². The van der Waals surface area contributed by atoms with Crippen molar-refractivity contribution in [3.05, 3.63) is 58.5 Å². The highest BCUT2D eigenvalue weighted by Crippen LogP contribution is 2.18. The molecule has 1 aromatic carbocycles. The van der Waals surface area contributed by atoms with Gasteiger partial charge in [0.15, 0.2) is 0 Å². The van der Waals surface area contributed by atoms with Gasteiger partial charge in [-0.15, -0.1) is 0 Å². The summed E-state index contributed by atoms with van der Waals surface area (Å²) in [5.74, 6) is 2.93. The van der Waals surface area contributed by atoms with Crippen molar-refractivity contribution in [2.45, 2.75) is 25.3 Å². The van der Waals surface area contributed by atoms with E-state index in [-0.39, 0.29) is 6.04 Å². The van der Waals surface area contributed by atoms with Crippen molar-refractivity contribution in [3.8, 4) is 0 Å². The molecule has 2 nitrogen and oxygen atoms in total. The van der Waals surface area contributed by atoms with Crippen molar-refractivity contribution >= 4 is 23.4 Å². The minimum absolute atomic E-state index is 0.270. The number of halogens is 1. The average Bonchev–Trinajstić information content (AvgIpc) is 2.85. The first-order valence-electron chi connectivity index (χ1n) is 6.24. The van der Waals surface area contributed by atoms with Gasteiger partial charge >= 0.3 is 0 Å². The highest BCUT2D eigenvalue weighted by molar-refractivity contribution is 7.97. The highest BCUT2D eigenvalue weighted by Gasteiger charge is 2.07. The molecule has 2 rings (SSSR count). The molecule has 0 saturated heterocycles. The molecule has 0 aliphatic heterocycles. The first-order valence-corrected chi connectivity index (χ1v) is 8.01. The van der Waals surface area contributed by atoms with Gasteiger partial charge in [-0.2, -0.15) is 11.8 Å². The van der Waals surface area contributed by atoms with Crippen LogP contribution in [0.2, 0.25) is 5.02 Å². The fraction of sp³-hybridized carbons (Fsp3) is 0.333. The number of furan rings is 1. The van der Waals surface area contributed by atoms with E-state index in [0.717, 1.165) is 28.8 Å². The standard InChI is InChI=1S/C15H18ClNOS/c1-11(12-3-5-13(16)6-4-12)17-9-14-7-8-15(18-14)10-19-2/h3-8,11,17H,9-10H2,1-2H3. The number of nitrogens with one attached hydrogen (secondary N) is 1. The van der Waals surface area contributed by atoms with Crippen LogP contribution in [0.1, 0.15) is 30.0 Å². The Morgan fingerprint density at radius 3 is 2.53 bits per heavy atom. The van der Waals surface area contributed by atoms with Crippen LogP contribution < -0.4 is 5.32 Å². The molecule has 0 saturated carbocycles. The van der Waals surface area contributed by atoms with Gasteiger partial charge in [-0.3, -0.25) is 0 Å². The molecule has 0 aliphatic carbocycles. The number of thioether (sulfide) groups is 1. The Hall–Kier alpha value is -0.900. The average molecular weight is 296 g/mol. The molecule has 4 heteroatoms. The van der Waals surface area contributed by atoms with Gasteiger partial charge < -0.3 is 9.73 Å². The predicted octanol–water partition coefficient (Wildman–Crippen LogP) is 4.65. The number of benzene rings is 1. The second-order valence-corrected chi connectivity index (χ2v) is 5.76. The molecule has 1 unspecified atom stereocenters. The van der Waals surface area contributed by atoms with Crippen molar-refractivity contribution in [1.29, 1.82) is 0 Å². The zero-order chi connectivity index (χ0) is 13.7. The molecule has 1 atom stereocenters. The zero-order valence-electron chi connectivity index (χ0n) is 11.2. The lowest BCUT2D eigenvalue weighted by molar-refractivity contribution is 0.442. The van der Waals surface area contributed by atoms with E-state index in [1.165, 1.54) is 5.56 Å². The lowest BCUT2D eigenvalue weighted by atomic mass is 10.1. The lowest BCUT2D eigenvalue weighted by Crippen LogP contribution is -2.17. The van der Waals surface area contributed by atoms with Gasteiger partial charge in [0.1, 0.15) is 11.5 Å². The Morgan fingerprint density at radius 2 is 1.84 bits per heavy atom. The molecule has 0 aliphatic rings. The summed E-state index contributed by atoms with van der Waals surface area (Å²) < 4.78 is 5.72. The van der Waals surface area contributed by atoms with Crippen molar-refractivity contribution in [2.24, 2.45) is 0 Å². The smallest absolute Gasteiger partial charge is 0.118 e. The van der Waals surface area contributed by atoms with Crippen molar-refractivity contribution in [3.63, 3.8) is 0 Å². The third-order valence-electron chi connectivity index (χ3n) is 2.96. The summed E-state index contributed by atoms with van der Waals surface area (Å²) in [6.07, 6.45) is 2.07. The van der Waals surface area contributed by atoms with Crippen molar-refractivity contribution in [1.82, 2.24) is 5.32 Å². The molecule has 0 radical (unpaired) electrons. The van der Waals surface area contributed by atoms with Crippen molar-refractivity contribution in [2.75, 3.05) is 6.26 Å². The van der Waals surface area contributed by atoms with Gasteiger partial charge in [0.25, 0.3) is 0 Å². The maximum absolute atomic E-state index is 5.88. The predicted molar refractivity (Wildman–Crippen MR) is 82.6 cm³/mol. The minimum Gasteiger partial charge on any atom is -0.464 e. The summed E-state index contributed by atoms with van der Waals surface area (Å²) in [6.45, 7) is 2.87. The second kappa shape index (κ2) is 7.04. The van der Waals surface area contributed by atoms with E-state index in [2.05, 4.69) is 18.5 Å². The summed E-state index contributed by atoms with van der Waals surface area (Å²) >= 11 is 7.65. The first-order chi connectivity index (χ1) is 9.19. The van der Waals surface area contributed by atoms with Crippen molar-refractivity contribution < 1.29 is 4.42 Å². The molecule has 19 heavy (non-hydrogen) atoms. The monoisotopic (exact) mass is 295 g/mol. The molecule has 0 bridgehead atoms. The normalized spacial score (nSPS) is 12.6. The maximum atomic E-state index is 5.88. The summed E-state index contributed by atoms with van der Waals surface area (Å²) in [5, 5.41) is 4.21. The zero-order valence-corrected chi connectivity index (χ0v) is 12.7. The quantitative estimate of drug-likeness (QED) is 0.840. The molecule has 0 fully saturated rings. The van der Waals surface area contributed by atoms with Crippen LogP contribution in [0, 0.1) is 0 Å². The topological polar surface area (TPSA) is 25.2 Å². The van der Waals surface area contributed by atoms with Gasteiger partial charge in [0, 0.05) is 11.1 Å². The van der Waals surface area contributed by atoms with E-state index >= 15 is 0 Å². The van der Waals surface area contributed by atoms with Crippen LogP contribution in [0.15, 0.2) is 40.8 Å². The third kappa shape index (κ3) is 4.30. The van der Waals surface area contributed by atoms with Crippen LogP contribution in [0.3, 0.4) is 0 Å². The largest absolute Gasteiger partial charge is 0.464 e. The fourth-order valence-electron chi connectivity index (χ4n) is 1.86. The highest BCUT2D eigenvalue weighted by atomic mass is 35.5. The molecule has 1 aromatic heterocycles. The maximum Gasteiger partial charge on any atom is 0.118 e. The van der Waals surface area contributed by atoms with E-state index in [1.807, 2.05) is 36.4 Å². The van der Waals surface area contributed by atoms with Gasteiger partial charge in [-0.1, -0.05) is 23.7 Å². The molecule has 0 amide bonds. The first kappa shape index (κ1) is 14.5. The molecule has 1 N–H and O–H groups in total. The number of hydrogen-bond acceptors (Lipinski definition) is 3. The summed E-state index contributed by atoms with van der Waals surface area (Å²) in [4.78, 5) is 0. The van der Waals surface area contributed by atoms with Gasteiger partial charge in [0.2, 0.25) is 0 Å². The summed E-state index contributed by atoms with van der Waals surface area (Å²) in [6, 6.07) is 12.3. The Labute approximate surface area is 123 Å². The molecule has 2 aromatic rings. The molecule has 102 valence electrons. The number of rotatable bonds is 6. The third-order valence-corrected chi connectivity index (χ3v) is 3.78. The number of hydrogen-bond donors (Lipinski definition) is 1. The second-order valence-electron chi connectivity index (χ2n) is 4.46. The molecular weight excluding hydrogens is 278 g/mol. The van der Waals surface area contributed by atoms with E-state index in [1.54, 1.807) is 11.8 Å². The van der Waals surface area contributed by atoms with Crippen LogP contribution in [0.4, 0.5) is 0 Å². The van der Waals surface area contributed by atoms with E-state index in [4.69, 9.17) is 16.0 Å². The Bertz CT molecular complexity index is 509. The van der Waals surface area contributed by atoms with Crippen LogP contribution >= 0.6 is 23.4 Å². The van der Waals surface area contributed by atoms with Crippen LogP contribution in [0.25, 0.3) is 0 Å². The van der Waals surface area contributed by atoms with Crippen LogP contribution in [-0.2, 0) is 12.3 Å². The Kier molecular flexibility index (Phi) is 5.37. The van der Waals surface area contributed by atoms with Gasteiger partial charge in [0.05, 0.1) is 12.3 Å². The summed E-state index contributed by atoms with van der Waals surface area (Å²) in [7, 11) is 0. The van der Waals surface area contributed by atoms with Crippen LogP contribution in [-0.4, -0.2) is 6.26 Å². The Balaban J connectivity index is 1.88. The summed E-state index contributed by atoms with van der Waals surface area (Å²) in [5.41, 5.74) is 1.22. The van der Waals surface area contributed by atoms with E-state index in [0.29, 0.717) is 0 Å². The van der Waals surface area contributed by atoms with E-state index < -0.39 is 0 Å². The molecule has 0 spiro atoms. The SMILES string of the molecule is CSCc1ccc(CNC(C)c2ccc(Cl)cc2)o1. The molecule has 1 heterocycles. The van der Waals surface area contributed by atoms with Crippen LogP contribution in [0.5, 0.6) is 0 Å². The van der Waals surface area contributed by atoms with Gasteiger partial charge in [-0.25, -0.2) is 0 Å². The lowest BCUT2D eigenvalue weighted by Gasteiger charge is -2.13. The molecular formula is C15H18ClNOS.